The van der Waals surface area contributed by atoms with E-state index in [-0.39, 0.29) is 11.9 Å². The van der Waals surface area contributed by atoms with Gasteiger partial charge in [-0.3, -0.25) is 9.69 Å². The molecule has 234 valence electrons. The van der Waals surface area contributed by atoms with E-state index in [9.17, 15) is 9.59 Å². The fourth-order valence-corrected chi connectivity index (χ4v) is 5.61. The Labute approximate surface area is 257 Å². The number of hydrogen-bond acceptors (Lipinski definition) is 7. The topological polar surface area (TPSA) is 89.8 Å². The highest BCUT2D eigenvalue weighted by Crippen LogP contribution is 2.29. The van der Waals surface area contributed by atoms with E-state index in [4.69, 9.17) is 19.4 Å². The van der Waals surface area contributed by atoms with E-state index >= 15 is 0 Å². The van der Waals surface area contributed by atoms with Crippen molar-refractivity contribution >= 4 is 31.1 Å². The maximum Gasteiger partial charge on any atom is 0.410 e. The van der Waals surface area contributed by atoms with E-state index < -0.39 is 19.1 Å². The summed E-state index contributed by atoms with van der Waals surface area (Å²) in [6.07, 6.45) is 3.38. The van der Waals surface area contributed by atoms with Crippen molar-refractivity contribution in [3.63, 3.8) is 0 Å². The summed E-state index contributed by atoms with van der Waals surface area (Å²) in [4.78, 5) is 39.6. The molecule has 0 radical (unpaired) electrons. The number of ether oxygens (including phenoxy) is 2. The van der Waals surface area contributed by atoms with Crippen LogP contribution in [0.4, 0.5) is 4.79 Å². The SMILES string of the molecule is CC(C)(C)OC(=O)N1CCN(Cc2ccc(-c3cnc4c(n3)c(C(=O)C(C)(C)C)cn4COCC[Si](C)(C)C)cc2)CC1. The summed E-state index contributed by atoms with van der Waals surface area (Å²) in [6, 6.07) is 9.42. The number of ketones is 1. The summed E-state index contributed by atoms with van der Waals surface area (Å²) in [7, 11) is -1.20. The molecule has 0 spiro atoms. The van der Waals surface area contributed by atoms with E-state index in [1.165, 1.54) is 5.56 Å². The lowest BCUT2D eigenvalue weighted by Crippen LogP contribution is -2.49. The number of benzene rings is 1. The second-order valence-electron chi connectivity index (χ2n) is 14.8. The summed E-state index contributed by atoms with van der Waals surface area (Å²) in [5, 5.41) is 0. The van der Waals surface area contributed by atoms with Crippen LogP contribution in [0, 0.1) is 5.41 Å². The highest BCUT2D eigenvalue weighted by atomic mass is 28.3. The van der Waals surface area contributed by atoms with Crippen LogP contribution in [0.25, 0.3) is 22.4 Å². The van der Waals surface area contributed by atoms with Gasteiger partial charge in [-0.2, -0.15) is 0 Å². The molecule has 0 saturated carbocycles. The highest BCUT2D eigenvalue weighted by Gasteiger charge is 2.28. The van der Waals surface area contributed by atoms with Gasteiger partial charge in [-0.15, -0.1) is 0 Å². The molecule has 0 atom stereocenters. The minimum atomic E-state index is -1.20. The van der Waals surface area contributed by atoms with Gasteiger partial charge in [-0.05, 0) is 32.4 Å². The normalized spacial score (nSPS) is 15.2. The van der Waals surface area contributed by atoms with Crippen molar-refractivity contribution in [1.82, 2.24) is 24.3 Å². The van der Waals surface area contributed by atoms with Crippen LogP contribution < -0.4 is 0 Å². The van der Waals surface area contributed by atoms with Crippen molar-refractivity contribution in [2.45, 2.75) is 86.1 Å². The van der Waals surface area contributed by atoms with Gasteiger partial charge >= 0.3 is 6.09 Å². The number of carbonyl (C=O) groups is 2. The monoisotopic (exact) mass is 607 g/mol. The molecule has 3 heterocycles. The molecule has 0 N–H and O–H groups in total. The quantitative estimate of drug-likeness (QED) is 0.152. The van der Waals surface area contributed by atoms with Gasteiger partial charge in [-0.1, -0.05) is 64.7 Å². The van der Waals surface area contributed by atoms with Crippen molar-refractivity contribution < 1.29 is 19.1 Å². The molecule has 1 amide bonds. The van der Waals surface area contributed by atoms with E-state index in [2.05, 4.69) is 48.8 Å². The Morgan fingerprint density at radius 2 is 1.60 bits per heavy atom. The first-order chi connectivity index (χ1) is 20.0. The number of carbonyl (C=O) groups excluding carboxylic acids is 2. The van der Waals surface area contributed by atoms with Gasteiger partial charge in [0.05, 0.1) is 17.5 Å². The predicted molar refractivity (Wildman–Crippen MR) is 174 cm³/mol. The molecule has 1 aliphatic rings. The van der Waals surface area contributed by atoms with Crippen molar-refractivity contribution in [2.24, 2.45) is 5.41 Å². The molecule has 4 rings (SSSR count). The molecule has 3 aromatic rings. The number of Topliss-reactive ketones (excluding diaryl/α,β-unsaturated/α-hetero) is 1. The number of hydrogen-bond donors (Lipinski definition) is 0. The summed E-state index contributed by atoms with van der Waals surface area (Å²) >= 11 is 0. The van der Waals surface area contributed by atoms with Crippen LogP contribution in [0.5, 0.6) is 0 Å². The van der Waals surface area contributed by atoms with E-state index in [1.54, 1.807) is 11.1 Å². The Balaban J connectivity index is 1.46. The molecule has 43 heavy (non-hydrogen) atoms. The molecule has 1 saturated heterocycles. The zero-order chi connectivity index (χ0) is 31.6. The molecule has 10 heteroatoms. The van der Waals surface area contributed by atoms with Gasteiger partial charge in [0, 0.05) is 64.6 Å². The molecule has 1 aromatic carbocycles. The largest absolute Gasteiger partial charge is 0.444 e. The molecule has 0 aliphatic carbocycles. The third-order valence-corrected chi connectivity index (χ3v) is 9.10. The standard InChI is InChI=1S/C33H49N5O4Si/c1-32(2,3)29(39)26-22-38(23-41-18-19-43(7,8)9)30-28(26)35-27(20-34-30)25-12-10-24(11-13-25)21-36-14-16-37(17-15-36)31(40)42-33(4,5)6/h10-13,20,22H,14-19,21,23H2,1-9H3. The van der Waals surface area contributed by atoms with Crippen LogP contribution in [0.15, 0.2) is 36.7 Å². The van der Waals surface area contributed by atoms with Crippen LogP contribution in [0.1, 0.15) is 57.5 Å². The third-order valence-electron chi connectivity index (χ3n) is 7.40. The van der Waals surface area contributed by atoms with Gasteiger partial charge < -0.3 is 18.9 Å². The Morgan fingerprint density at radius 1 is 0.953 bits per heavy atom. The second kappa shape index (κ2) is 12.9. The van der Waals surface area contributed by atoms with Crippen LogP contribution in [0.2, 0.25) is 25.7 Å². The van der Waals surface area contributed by atoms with E-state index in [0.717, 1.165) is 36.9 Å². The maximum absolute atomic E-state index is 13.4. The molecule has 1 fully saturated rings. The molecular weight excluding hydrogens is 558 g/mol. The number of aromatic nitrogens is 3. The van der Waals surface area contributed by atoms with Crippen molar-refractivity contribution in [1.29, 1.82) is 0 Å². The Hall–Kier alpha value is -3.08. The summed E-state index contributed by atoms with van der Waals surface area (Å²) in [6.45, 7) is 23.2. The second-order valence-corrected chi connectivity index (χ2v) is 20.4. The van der Waals surface area contributed by atoms with E-state index in [1.807, 2.05) is 52.3 Å². The lowest BCUT2D eigenvalue weighted by Gasteiger charge is -2.35. The lowest BCUT2D eigenvalue weighted by atomic mass is 9.87. The Kier molecular flexibility index (Phi) is 9.83. The lowest BCUT2D eigenvalue weighted by molar-refractivity contribution is 0.0139. The smallest absolute Gasteiger partial charge is 0.410 e. The van der Waals surface area contributed by atoms with Crippen molar-refractivity contribution in [3.8, 4) is 11.3 Å². The van der Waals surface area contributed by atoms with E-state index in [0.29, 0.717) is 43.2 Å². The van der Waals surface area contributed by atoms with Crippen LogP contribution >= 0.6 is 0 Å². The molecule has 0 bridgehead atoms. The first-order valence-corrected chi connectivity index (χ1v) is 19.0. The average molecular weight is 608 g/mol. The summed E-state index contributed by atoms with van der Waals surface area (Å²) in [5.41, 5.74) is 3.67. The van der Waals surface area contributed by atoms with Crippen LogP contribution in [-0.2, 0) is 22.7 Å². The number of fused-ring (bicyclic) bond motifs is 1. The molecule has 2 aromatic heterocycles. The first kappa shape index (κ1) is 32.8. The Morgan fingerprint density at radius 3 is 2.19 bits per heavy atom. The minimum absolute atomic E-state index is 0.0342. The van der Waals surface area contributed by atoms with Crippen LogP contribution in [-0.4, -0.2) is 82.7 Å². The first-order valence-electron chi connectivity index (χ1n) is 15.3. The van der Waals surface area contributed by atoms with Gasteiger partial charge in [0.1, 0.15) is 17.8 Å². The van der Waals surface area contributed by atoms with Crippen molar-refractivity contribution in [2.75, 3.05) is 32.8 Å². The zero-order valence-electron chi connectivity index (χ0n) is 27.5. The third kappa shape index (κ3) is 8.96. The van der Waals surface area contributed by atoms with Crippen molar-refractivity contribution in [3.05, 3.63) is 47.8 Å². The van der Waals surface area contributed by atoms with Crippen LogP contribution in [0.3, 0.4) is 0 Å². The van der Waals surface area contributed by atoms with Gasteiger partial charge in [-0.25, -0.2) is 14.8 Å². The fraction of sp³-hybridized carbons (Fsp3) is 0.576. The highest BCUT2D eigenvalue weighted by molar-refractivity contribution is 6.76. The fourth-order valence-electron chi connectivity index (χ4n) is 4.85. The molecule has 0 unspecified atom stereocenters. The number of rotatable bonds is 9. The minimum Gasteiger partial charge on any atom is -0.444 e. The summed E-state index contributed by atoms with van der Waals surface area (Å²) < 4.78 is 13.4. The molecular formula is C33H49N5O4Si. The Bertz CT molecular complexity index is 1420. The molecule has 9 nitrogen and oxygen atoms in total. The molecule has 1 aliphatic heterocycles. The number of nitrogens with zero attached hydrogens (tertiary/aromatic N) is 5. The van der Waals surface area contributed by atoms with Gasteiger partial charge in [0.2, 0.25) is 0 Å². The predicted octanol–water partition coefficient (Wildman–Crippen LogP) is 6.69. The number of amides is 1. The zero-order valence-corrected chi connectivity index (χ0v) is 28.5. The number of piperazine rings is 1. The summed E-state index contributed by atoms with van der Waals surface area (Å²) in [5.74, 6) is 0.0342. The van der Waals surface area contributed by atoms with Gasteiger partial charge in [0.25, 0.3) is 0 Å². The van der Waals surface area contributed by atoms with Gasteiger partial charge in [0.15, 0.2) is 11.4 Å². The average Bonchev–Trinajstić information content (AvgIpc) is 3.27. The maximum atomic E-state index is 13.4.